The molecule has 0 radical (unpaired) electrons. The molecule has 1 aliphatic rings. The third kappa shape index (κ3) is 4.48. The van der Waals surface area contributed by atoms with Crippen LogP contribution in [-0.4, -0.2) is 45.3 Å². The lowest BCUT2D eigenvalue weighted by molar-refractivity contribution is 0.0287. The van der Waals surface area contributed by atoms with Crippen LogP contribution < -0.4 is 5.43 Å². The number of aromatic carboxylic acids is 1. The zero-order valence-electron chi connectivity index (χ0n) is 16.1. The van der Waals surface area contributed by atoms with E-state index >= 15 is 0 Å². The molecule has 8 heteroatoms. The fourth-order valence-corrected chi connectivity index (χ4v) is 3.92. The first-order valence-electron chi connectivity index (χ1n) is 9.09. The number of halogens is 1. The van der Waals surface area contributed by atoms with Crippen molar-refractivity contribution in [3.8, 4) is 0 Å². The molecule has 2 heterocycles. The van der Waals surface area contributed by atoms with Crippen molar-refractivity contribution in [2.24, 2.45) is 5.92 Å². The number of rotatable bonds is 3. The number of fused-ring (bicyclic) bond motifs is 1. The number of ether oxygens (including phenoxy) is 1. The van der Waals surface area contributed by atoms with Crippen molar-refractivity contribution in [2.75, 3.05) is 13.1 Å². The number of benzene rings is 1. The minimum atomic E-state index is -1.23. The maximum atomic E-state index is 12.5. The molecule has 0 aliphatic carbocycles. The Balaban J connectivity index is 1.87. The maximum Gasteiger partial charge on any atom is 0.410 e. The molecule has 1 fully saturated rings. The molecule has 1 atom stereocenters. The number of amides is 1. The zero-order chi connectivity index (χ0) is 20.6. The van der Waals surface area contributed by atoms with E-state index in [1.807, 2.05) is 37.5 Å². The topological polar surface area (TPSA) is 88.8 Å². The molecule has 2 aromatic rings. The van der Waals surface area contributed by atoms with Crippen LogP contribution in [0.5, 0.6) is 0 Å². The molecule has 1 aromatic heterocycles. The maximum absolute atomic E-state index is 12.5. The lowest BCUT2D eigenvalue weighted by atomic mass is 10.1. The van der Waals surface area contributed by atoms with Gasteiger partial charge in [0.1, 0.15) is 11.2 Å². The van der Waals surface area contributed by atoms with E-state index in [-0.39, 0.29) is 17.6 Å². The van der Waals surface area contributed by atoms with Gasteiger partial charge in [-0.05, 0) is 73.9 Å². The third-order valence-corrected chi connectivity index (χ3v) is 5.34. The van der Waals surface area contributed by atoms with E-state index in [2.05, 4.69) is 22.6 Å². The van der Waals surface area contributed by atoms with Gasteiger partial charge in [0.25, 0.3) is 0 Å². The number of carbonyl (C=O) groups is 2. The summed E-state index contributed by atoms with van der Waals surface area (Å²) >= 11 is 2.10. The smallest absolute Gasteiger partial charge is 0.410 e. The van der Waals surface area contributed by atoms with Gasteiger partial charge in [-0.15, -0.1) is 0 Å². The minimum Gasteiger partial charge on any atom is -0.477 e. The summed E-state index contributed by atoms with van der Waals surface area (Å²) in [6.45, 7) is 7.16. The van der Waals surface area contributed by atoms with Crippen molar-refractivity contribution >= 4 is 45.6 Å². The molecule has 7 nitrogen and oxygen atoms in total. The molecule has 1 aliphatic heterocycles. The fraction of sp³-hybridized carbons (Fsp3) is 0.450. The second-order valence-corrected chi connectivity index (χ2v) is 9.32. The zero-order valence-corrected chi connectivity index (χ0v) is 18.2. The summed E-state index contributed by atoms with van der Waals surface area (Å²) in [5.74, 6) is -1.08. The predicted octanol–water partition coefficient (Wildman–Crippen LogP) is 3.56. The van der Waals surface area contributed by atoms with E-state index in [0.717, 1.165) is 9.99 Å². The molecule has 1 unspecified atom stereocenters. The van der Waals surface area contributed by atoms with Crippen molar-refractivity contribution < 1.29 is 19.4 Å². The number of carbonyl (C=O) groups excluding carboxylic acids is 1. The Kier molecular flexibility index (Phi) is 5.69. The van der Waals surface area contributed by atoms with Crippen LogP contribution in [0.3, 0.4) is 0 Å². The Bertz CT molecular complexity index is 992. The minimum absolute atomic E-state index is 0.152. The first kappa shape index (κ1) is 20.6. The average molecular weight is 498 g/mol. The molecular formula is C20H23IN2O5. The van der Waals surface area contributed by atoms with Crippen LogP contribution in [0, 0.1) is 9.49 Å². The monoisotopic (exact) mass is 498 g/mol. The van der Waals surface area contributed by atoms with Gasteiger partial charge in [-0.1, -0.05) is 0 Å². The van der Waals surface area contributed by atoms with Crippen molar-refractivity contribution in [3.63, 3.8) is 0 Å². The summed E-state index contributed by atoms with van der Waals surface area (Å²) in [5.41, 5.74) is -0.556. The molecule has 0 saturated carbocycles. The van der Waals surface area contributed by atoms with Gasteiger partial charge in [-0.25, -0.2) is 9.59 Å². The highest BCUT2D eigenvalue weighted by Gasteiger charge is 2.30. The normalized spacial score (nSPS) is 17.1. The number of carboxylic acid groups (broad SMARTS) is 1. The van der Waals surface area contributed by atoms with E-state index in [0.29, 0.717) is 30.5 Å². The number of nitrogens with zero attached hydrogens (tertiary/aromatic N) is 2. The summed E-state index contributed by atoms with van der Waals surface area (Å²) in [4.78, 5) is 38.0. The van der Waals surface area contributed by atoms with Crippen LogP contribution in [0.1, 0.15) is 37.6 Å². The van der Waals surface area contributed by atoms with E-state index in [1.165, 1.54) is 6.20 Å². The third-order valence-electron chi connectivity index (χ3n) is 4.67. The quantitative estimate of drug-likeness (QED) is 0.654. The van der Waals surface area contributed by atoms with Gasteiger partial charge in [-0.3, -0.25) is 4.79 Å². The van der Waals surface area contributed by atoms with Crippen LogP contribution in [0.4, 0.5) is 4.79 Å². The number of likely N-dealkylation sites (tertiary alicyclic amines) is 1. The molecular weight excluding hydrogens is 475 g/mol. The molecule has 1 aromatic carbocycles. The first-order valence-corrected chi connectivity index (χ1v) is 10.2. The second-order valence-electron chi connectivity index (χ2n) is 8.07. The molecule has 0 bridgehead atoms. The Morgan fingerprint density at radius 1 is 1.32 bits per heavy atom. The Morgan fingerprint density at radius 3 is 2.68 bits per heavy atom. The first-order chi connectivity index (χ1) is 13.0. The Hall–Kier alpha value is -2.10. The Morgan fingerprint density at radius 2 is 2.04 bits per heavy atom. The van der Waals surface area contributed by atoms with Crippen molar-refractivity contribution in [1.29, 1.82) is 0 Å². The highest BCUT2D eigenvalue weighted by molar-refractivity contribution is 14.1. The summed E-state index contributed by atoms with van der Waals surface area (Å²) < 4.78 is 8.12. The van der Waals surface area contributed by atoms with Gasteiger partial charge < -0.3 is 19.3 Å². The van der Waals surface area contributed by atoms with Gasteiger partial charge in [-0.2, -0.15) is 0 Å². The van der Waals surface area contributed by atoms with Gasteiger partial charge >= 0.3 is 12.1 Å². The Labute approximate surface area is 176 Å². The van der Waals surface area contributed by atoms with Crippen molar-refractivity contribution in [3.05, 3.63) is 43.8 Å². The van der Waals surface area contributed by atoms with Gasteiger partial charge in [0.15, 0.2) is 0 Å². The second kappa shape index (κ2) is 7.73. The number of aromatic nitrogens is 1. The van der Waals surface area contributed by atoms with Crippen LogP contribution in [0.25, 0.3) is 10.9 Å². The largest absolute Gasteiger partial charge is 0.477 e. The molecule has 150 valence electrons. The number of hydrogen-bond acceptors (Lipinski definition) is 4. The van der Waals surface area contributed by atoms with Crippen LogP contribution in [0.15, 0.2) is 29.2 Å². The highest BCUT2D eigenvalue weighted by atomic mass is 127. The van der Waals surface area contributed by atoms with E-state index in [4.69, 9.17) is 4.74 Å². The summed E-state index contributed by atoms with van der Waals surface area (Å²) in [5, 5.41) is 9.82. The van der Waals surface area contributed by atoms with Gasteiger partial charge in [0.2, 0.25) is 5.43 Å². The molecule has 1 N–H and O–H groups in total. The number of pyridine rings is 1. The van der Waals surface area contributed by atoms with E-state index in [1.54, 1.807) is 11.0 Å². The number of hydrogen-bond donors (Lipinski definition) is 1. The molecule has 1 amide bonds. The highest BCUT2D eigenvalue weighted by Crippen LogP contribution is 2.23. The molecule has 0 spiro atoms. The van der Waals surface area contributed by atoms with Crippen LogP contribution in [-0.2, 0) is 11.3 Å². The molecule has 1 saturated heterocycles. The fourth-order valence-electron chi connectivity index (χ4n) is 3.43. The van der Waals surface area contributed by atoms with Crippen LogP contribution in [0.2, 0.25) is 0 Å². The summed E-state index contributed by atoms with van der Waals surface area (Å²) in [6, 6.07) is 5.44. The summed E-state index contributed by atoms with van der Waals surface area (Å²) in [7, 11) is 0. The lowest BCUT2D eigenvalue weighted by Crippen LogP contribution is -2.35. The molecule has 28 heavy (non-hydrogen) atoms. The number of carboxylic acids is 1. The molecule has 3 rings (SSSR count). The SMILES string of the molecule is CC(C)(C)OC(=O)N1CCC(Cn2cc(C(=O)O)c(=O)c3cc(I)ccc32)C1. The van der Waals surface area contributed by atoms with Crippen molar-refractivity contribution in [2.45, 2.75) is 39.3 Å². The average Bonchev–Trinajstić information content (AvgIpc) is 3.04. The van der Waals surface area contributed by atoms with E-state index < -0.39 is 17.0 Å². The van der Waals surface area contributed by atoms with Gasteiger partial charge in [0, 0.05) is 34.8 Å². The standard InChI is InChI=1S/C20H23IN2O5/c1-20(2,3)28-19(27)22-7-6-12(9-22)10-23-11-15(18(25)26)17(24)14-8-13(21)4-5-16(14)23/h4-5,8,11-12H,6-7,9-10H2,1-3H3,(H,25,26). The van der Waals surface area contributed by atoms with Crippen molar-refractivity contribution in [1.82, 2.24) is 9.47 Å². The van der Waals surface area contributed by atoms with Gasteiger partial charge in [0.05, 0.1) is 5.52 Å². The predicted molar refractivity (Wildman–Crippen MR) is 114 cm³/mol. The lowest BCUT2D eigenvalue weighted by Gasteiger charge is -2.24. The van der Waals surface area contributed by atoms with E-state index in [9.17, 15) is 19.5 Å². The van der Waals surface area contributed by atoms with Crippen LogP contribution >= 0.6 is 22.6 Å². The summed E-state index contributed by atoms with van der Waals surface area (Å²) in [6.07, 6.45) is 1.87.